The Balaban J connectivity index is 1.77. The summed E-state index contributed by atoms with van der Waals surface area (Å²) in [6, 6.07) is 3.99. The molecular weight excluding hydrogens is 338 g/mol. The summed E-state index contributed by atoms with van der Waals surface area (Å²) in [5.74, 6) is 0.219. The largest absolute Gasteiger partial charge is 0.348 e. The zero-order chi connectivity index (χ0) is 18.4. The summed E-state index contributed by atoms with van der Waals surface area (Å²) < 4.78 is 0. The molecule has 0 spiro atoms. The first-order chi connectivity index (χ1) is 11.9. The number of amides is 3. The maximum absolute atomic E-state index is 12.3. The third-order valence-corrected chi connectivity index (χ3v) is 5.43. The van der Waals surface area contributed by atoms with Crippen LogP contribution in [0.15, 0.2) is 17.5 Å². The highest BCUT2D eigenvalue weighted by Crippen LogP contribution is 2.25. The van der Waals surface area contributed by atoms with Crippen molar-refractivity contribution < 1.29 is 14.4 Å². The van der Waals surface area contributed by atoms with Crippen molar-refractivity contribution in [2.24, 2.45) is 5.92 Å². The van der Waals surface area contributed by atoms with Gasteiger partial charge in [0.1, 0.15) is 0 Å². The number of rotatable bonds is 6. The van der Waals surface area contributed by atoms with Crippen molar-refractivity contribution in [3.63, 3.8) is 0 Å². The molecule has 1 N–H and O–H groups in total. The Morgan fingerprint density at radius 2 is 1.76 bits per heavy atom. The van der Waals surface area contributed by atoms with Crippen LogP contribution in [0.2, 0.25) is 0 Å². The molecular formula is C18H27N3O3S. The van der Waals surface area contributed by atoms with E-state index in [4.69, 9.17) is 0 Å². The highest BCUT2D eigenvalue weighted by molar-refractivity contribution is 7.10. The minimum atomic E-state index is -0.0946. The maximum atomic E-state index is 12.3. The van der Waals surface area contributed by atoms with Crippen LogP contribution in [-0.2, 0) is 14.4 Å². The SMILES string of the molecule is CC(=O)N1CCN(C(=O)CCC(=O)NC(c2cccs2)C(C)C)CC1. The lowest BCUT2D eigenvalue weighted by molar-refractivity contribution is -0.139. The van der Waals surface area contributed by atoms with Crippen LogP contribution >= 0.6 is 11.3 Å². The van der Waals surface area contributed by atoms with Gasteiger partial charge in [-0.25, -0.2) is 0 Å². The monoisotopic (exact) mass is 365 g/mol. The van der Waals surface area contributed by atoms with Gasteiger partial charge in [0.15, 0.2) is 0 Å². The summed E-state index contributed by atoms with van der Waals surface area (Å²) in [7, 11) is 0. The Morgan fingerprint density at radius 3 is 2.28 bits per heavy atom. The van der Waals surface area contributed by atoms with E-state index in [0.29, 0.717) is 26.2 Å². The highest BCUT2D eigenvalue weighted by atomic mass is 32.1. The molecule has 2 rings (SSSR count). The van der Waals surface area contributed by atoms with E-state index in [1.54, 1.807) is 28.1 Å². The fourth-order valence-corrected chi connectivity index (χ4v) is 3.88. The van der Waals surface area contributed by atoms with E-state index in [1.807, 2.05) is 17.5 Å². The van der Waals surface area contributed by atoms with Gasteiger partial charge in [0, 0.05) is 50.8 Å². The van der Waals surface area contributed by atoms with E-state index in [1.165, 1.54) is 0 Å². The molecule has 0 aromatic carbocycles. The first-order valence-corrected chi connectivity index (χ1v) is 9.62. The first kappa shape index (κ1) is 19.4. The second kappa shape index (κ2) is 8.99. The van der Waals surface area contributed by atoms with Crippen molar-refractivity contribution in [3.8, 4) is 0 Å². The van der Waals surface area contributed by atoms with Crippen LogP contribution in [0.4, 0.5) is 0 Å². The summed E-state index contributed by atoms with van der Waals surface area (Å²) in [6.07, 6.45) is 0.404. The average Bonchev–Trinajstić information content (AvgIpc) is 3.11. The topological polar surface area (TPSA) is 69.7 Å². The summed E-state index contributed by atoms with van der Waals surface area (Å²) in [4.78, 5) is 40.5. The normalized spacial score (nSPS) is 16.0. The van der Waals surface area contributed by atoms with Crippen molar-refractivity contribution >= 4 is 29.1 Å². The van der Waals surface area contributed by atoms with Crippen LogP contribution in [-0.4, -0.2) is 53.7 Å². The van der Waals surface area contributed by atoms with Gasteiger partial charge in [-0.15, -0.1) is 11.3 Å². The molecule has 0 saturated carbocycles. The van der Waals surface area contributed by atoms with Gasteiger partial charge in [-0.1, -0.05) is 19.9 Å². The van der Waals surface area contributed by atoms with Crippen LogP contribution in [0.3, 0.4) is 0 Å². The predicted octanol–water partition coefficient (Wildman–Crippen LogP) is 2.03. The Hall–Kier alpha value is -1.89. The molecule has 1 saturated heterocycles. The van der Waals surface area contributed by atoms with Crippen molar-refractivity contribution in [1.82, 2.24) is 15.1 Å². The van der Waals surface area contributed by atoms with Gasteiger partial charge in [0.2, 0.25) is 17.7 Å². The van der Waals surface area contributed by atoms with Crippen LogP contribution in [0.5, 0.6) is 0 Å². The van der Waals surface area contributed by atoms with Crippen molar-refractivity contribution in [3.05, 3.63) is 22.4 Å². The van der Waals surface area contributed by atoms with E-state index in [-0.39, 0.29) is 42.5 Å². The number of carbonyl (C=O) groups excluding carboxylic acids is 3. The zero-order valence-electron chi connectivity index (χ0n) is 15.2. The molecule has 1 aromatic rings. The van der Waals surface area contributed by atoms with E-state index in [0.717, 1.165) is 4.88 Å². The van der Waals surface area contributed by atoms with Crippen molar-refractivity contribution in [2.75, 3.05) is 26.2 Å². The molecule has 25 heavy (non-hydrogen) atoms. The molecule has 6 nitrogen and oxygen atoms in total. The van der Waals surface area contributed by atoms with Gasteiger partial charge >= 0.3 is 0 Å². The van der Waals surface area contributed by atoms with Crippen LogP contribution in [0.1, 0.15) is 44.5 Å². The van der Waals surface area contributed by atoms with Crippen LogP contribution in [0, 0.1) is 5.92 Å². The summed E-state index contributed by atoms with van der Waals surface area (Å²) >= 11 is 1.63. The number of nitrogens with one attached hydrogen (secondary N) is 1. The Labute approximate surface area is 153 Å². The average molecular weight is 365 g/mol. The Morgan fingerprint density at radius 1 is 1.12 bits per heavy atom. The van der Waals surface area contributed by atoms with Crippen LogP contribution in [0.25, 0.3) is 0 Å². The molecule has 1 fully saturated rings. The first-order valence-electron chi connectivity index (χ1n) is 8.74. The predicted molar refractivity (Wildman–Crippen MR) is 98.1 cm³/mol. The third kappa shape index (κ3) is 5.56. The zero-order valence-corrected chi connectivity index (χ0v) is 16.0. The molecule has 7 heteroatoms. The Bertz CT molecular complexity index is 593. The fourth-order valence-electron chi connectivity index (χ4n) is 2.93. The molecule has 3 amide bonds. The molecule has 0 aliphatic carbocycles. The lowest BCUT2D eigenvalue weighted by atomic mass is 10.0. The summed E-state index contributed by atoms with van der Waals surface area (Å²) in [5, 5.41) is 5.05. The molecule has 1 aliphatic rings. The lowest BCUT2D eigenvalue weighted by Crippen LogP contribution is -2.50. The molecule has 1 aliphatic heterocycles. The molecule has 138 valence electrons. The number of hydrogen-bond donors (Lipinski definition) is 1. The number of hydrogen-bond acceptors (Lipinski definition) is 4. The van der Waals surface area contributed by atoms with Crippen molar-refractivity contribution in [2.45, 2.75) is 39.7 Å². The summed E-state index contributed by atoms with van der Waals surface area (Å²) in [5.41, 5.74) is 0. The highest BCUT2D eigenvalue weighted by Gasteiger charge is 2.24. The fraction of sp³-hybridized carbons (Fsp3) is 0.611. The van der Waals surface area contributed by atoms with Gasteiger partial charge in [0.25, 0.3) is 0 Å². The van der Waals surface area contributed by atoms with Crippen LogP contribution < -0.4 is 5.32 Å². The molecule has 1 unspecified atom stereocenters. The molecule has 2 heterocycles. The van der Waals surface area contributed by atoms with E-state index < -0.39 is 0 Å². The number of piperazine rings is 1. The van der Waals surface area contributed by atoms with E-state index >= 15 is 0 Å². The third-order valence-electron chi connectivity index (χ3n) is 4.48. The smallest absolute Gasteiger partial charge is 0.223 e. The van der Waals surface area contributed by atoms with Gasteiger partial charge in [-0.3, -0.25) is 14.4 Å². The molecule has 1 aromatic heterocycles. The van der Waals surface area contributed by atoms with Gasteiger partial charge in [-0.05, 0) is 17.4 Å². The standard InChI is InChI=1S/C18H27N3O3S/c1-13(2)18(15-5-4-12-25-15)19-16(23)6-7-17(24)21-10-8-20(9-11-21)14(3)22/h4-5,12-13,18H,6-11H2,1-3H3,(H,19,23). The second-order valence-electron chi connectivity index (χ2n) is 6.69. The number of carbonyl (C=O) groups is 3. The molecule has 0 radical (unpaired) electrons. The molecule has 0 bridgehead atoms. The second-order valence-corrected chi connectivity index (χ2v) is 7.67. The van der Waals surface area contributed by atoms with E-state index in [2.05, 4.69) is 19.2 Å². The summed E-state index contributed by atoms with van der Waals surface area (Å²) in [6.45, 7) is 7.92. The maximum Gasteiger partial charge on any atom is 0.223 e. The van der Waals surface area contributed by atoms with Gasteiger partial charge in [-0.2, -0.15) is 0 Å². The minimum absolute atomic E-state index is 0.0123. The van der Waals surface area contributed by atoms with Gasteiger partial charge in [0.05, 0.1) is 6.04 Å². The van der Waals surface area contributed by atoms with E-state index in [9.17, 15) is 14.4 Å². The lowest BCUT2D eigenvalue weighted by Gasteiger charge is -2.34. The van der Waals surface area contributed by atoms with Gasteiger partial charge < -0.3 is 15.1 Å². The molecule has 1 atom stereocenters. The Kier molecular flexibility index (Phi) is 6.99. The van der Waals surface area contributed by atoms with Crippen molar-refractivity contribution in [1.29, 1.82) is 0 Å². The quantitative estimate of drug-likeness (QED) is 0.839. The number of thiophene rings is 1. The minimum Gasteiger partial charge on any atom is -0.348 e. The number of nitrogens with zero attached hydrogens (tertiary/aromatic N) is 2.